The van der Waals surface area contributed by atoms with E-state index in [1.165, 1.54) is 28.0 Å². The van der Waals surface area contributed by atoms with E-state index in [4.69, 9.17) is 0 Å². The van der Waals surface area contributed by atoms with Crippen molar-refractivity contribution in [3.8, 4) is 11.3 Å². The molecule has 5 heteroatoms. The minimum absolute atomic E-state index is 0.287. The van der Waals surface area contributed by atoms with E-state index in [0.717, 1.165) is 22.5 Å². The van der Waals surface area contributed by atoms with Crippen LogP contribution in [0.3, 0.4) is 0 Å². The van der Waals surface area contributed by atoms with Crippen molar-refractivity contribution in [1.29, 1.82) is 0 Å². The Balaban J connectivity index is 1.71. The number of amides is 2. The third-order valence-electron chi connectivity index (χ3n) is 4.16. The van der Waals surface area contributed by atoms with E-state index in [0.29, 0.717) is 5.13 Å². The van der Waals surface area contributed by atoms with E-state index in [9.17, 15) is 4.79 Å². The number of nitrogens with zero attached hydrogens (tertiary/aromatic N) is 1. The van der Waals surface area contributed by atoms with Gasteiger partial charge in [-0.3, -0.25) is 5.32 Å². The summed E-state index contributed by atoms with van der Waals surface area (Å²) >= 11 is 1.42. The summed E-state index contributed by atoms with van der Waals surface area (Å²) < 4.78 is 0. The number of hydrogen-bond donors (Lipinski definition) is 2. The number of hydrogen-bond acceptors (Lipinski definition) is 3. The molecule has 2 N–H and O–H groups in total. The van der Waals surface area contributed by atoms with Gasteiger partial charge < -0.3 is 5.32 Å². The number of urea groups is 1. The Bertz CT molecular complexity index is 930. The van der Waals surface area contributed by atoms with E-state index in [2.05, 4.69) is 47.7 Å². The molecule has 0 spiro atoms. The van der Waals surface area contributed by atoms with Crippen LogP contribution in [0, 0.1) is 27.7 Å². The Morgan fingerprint density at radius 2 is 1.68 bits per heavy atom. The first-order valence-corrected chi connectivity index (χ1v) is 8.99. The summed E-state index contributed by atoms with van der Waals surface area (Å²) in [7, 11) is 0. The summed E-state index contributed by atoms with van der Waals surface area (Å²) in [5, 5.41) is 8.20. The van der Waals surface area contributed by atoms with Gasteiger partial charge in [-0.05, 0) is 62.6 Å². The fourth-order valence-electron chi connectivity index (χ4n) is 2.55. The maximum absolute atomic E-state index is 12.2. The number of carbonyl (C=O) groups is 1. The zero-order valence-corrected chi connectivity index (χ0v) is 15.6. The number of carbonyl (C=O) groups excluding carboxylic acids is 1. The quantitative estimate of drug-likeness (QED) is 0.637. The summed E-state index contributed by atoms with van der Waals surface area (Å²) in [5.41, 5.74) is 7.45. The Hall–Kier alpha value is -2.66. The molecule has 3 rings (SSSR count). The van der Waals surface area contributed by atoms with Crippen LogP contribution in [0.1, 0.15) is 22.3 Å². The number of rotatable bonds is 3. The lowest BCUT2D eigenvalue weighted by Gasteiger charge is -2.08. The highest BCUT2D eigenvalue weighted by Crippen LogP contribution is 2.28. The lowest BCUT2D eigenvalue weighted by atomic mass is 10.0. The lowest BCUT2D eigenvalue weighted by Crippen LogP contribution is -2.19. The van der Waals surface area contributed by atoms with Gasteiger partial charge in [0.05, 0.1) is 5.69 Å². The van der Waals surface area contributed by atoms with Gasteiger partial charge in [0, 0.05) is 16.6 Å². The SMILES string of the molecule is Cc1ccc(C)c(-c2csc(NC(=O)Nc3ccc(C)c(C)c3)n2)c1. The Morgan fingerprint density at radius 3 is 2.44 bits per heavy atom. The first-order chi connectivity index (χ1) is 11.9. The van der Waals surface area contributed by atoms with E-state index >= 15 is 0 Å². The molecule has 0 aliphatic carbocycles. The van der Waals surface area contributed by atoms with E-state index in [1.54, 1.807) is 0 Å². The molecular weight excluding hydrogens is 330 g/mol. The van der Waals surface area contributed by atoms with E-state index in [1.807, 2.05) is 37.4 Å². The van der Waals surface area contributed by atoms with Crippen LogP contribution in [-0.4, -0.2) is 11.0 Å². The molecule has 0 aliphatic heterocycles. The second-order valence-corrected chi connectivity index (χ2v) is 7.09. The van der Waals surface area contributed by atoms with Gasteiger partial charge in [0.2, 0.25) is 0 Å². The molecule has 128 valence electrons. The summed E-state index contributed by atoms with van der Waals surface area (Å²) in [6, 6.07) is 11.8. The van der Waals surface area contributed by atoms with Gasteiger partial charge in [-0.1, -0.05) is 23.8 Å². The highest BCUT2D eigenvalue weighted by atomic mass is 32.1. The van der Waals surface area contributed by atoms with Crippen molar-refractivity contribution in [3.05, 3.63) is 64.0 Å². The second-order valence-electron chi connectivity index (χ2n) is 6.23. The number of aromatic nitrogens is 1. The van der Waals surface area contributed by atoms with Gasteiger partial charge in [0.25, 0.3) is 0 Å². The summed E-state index contributed by atoms with van der Waals surface area (Å²) in [6.07, 6.45) is 0. The predicted octanol–water partition coefficient (Wildman–Crippen LogP) is 5.69. The summed E-state index contributed by atoms with van der Waals surface area (Å²) in [6.45, 7) is 8.19. The van der Waals surface area contributed by atoms with Gasteiger partial charge in [-0.2, -0.15) is 0 Å². The molecular formula is C20H21N3OS. The zero-order chi connectivity index (χ0) is 18.0. The second kappa shape index (κ2) is 7.07. The number of benzene rings is 2. The van der Waals surface area contributed by atoms with E-state index in [-0.39, 0.29) is 6.03 Å². The topological polar surface area (TPSA) is 54.0 Å². The van der Waals surface area contributed by atoms with Gasteiger partial charge >= 0.3 is 6.03 Å². The fraction of sp³-hybridized carbons (Fsp3) is 0.200. The summed E-state index contributed by atoms with van der Waals surface area (Å²) in [5.74, 6) is 0. The van der Waals surface area contributed by atoms with Crippen LogP contribution in [0.15, 0.2) is 41.8 Å². The number of nitrogens with one attached hydrogen (secondary N) is 2. The van der Waals surface area contributed by atoms with Crippen LogP contribution in [-0.2, 0) is 0 Å². The number of thiazole rings is 1. The third-order valence-corrected chi connectivity index (χ3v) is 4.92. The largest absolute Gasteiger partial charge is 0.325 e. The molecule has 25 heavy (non-hydrogen) atoms. The van der Waals surface area contributed by atoms with Crippen LogP contribution in [0.25, 0.3) is 11.3 Å². The standard InChI is InChI=1S/C20H21N3OS/c1-12-5-6-14(3)17(9-12)18-11-25-20(22-18)23-19(24)21-16-8-7-13(2)15(4)10-16/h5-11H,1-4H3,(H2,21,22,23,24). The normalized spacial score (nSPS) is 10.6. The van der Waals surface area contributed by atoms with Crippen molar-refractivity contribution in [2.45, 2.75) is 27.7 Å². The van der Waals surface area contributed by atoms with Crippen molar-refractivity contribution < 1.29 is 4.79 Å². The van der Waals surface area contributed by atoms with Crippen molar-refractivity contribution in [2.24, 2.45) is 0 Å². The van der Waals surface area contributed by atoms with Crippen LogP contribution in [0.5, 0.6) is 0 Å². The Labute approximate surface area is 151 Å². The fourth-order valence-corrected chi connectivity index (χ4v) is 3.25. The van der Waals surface area contributed by atoms with Crippen LogP contribution < -0.4 is 10.6 Å². The summed E-state index contributed by atoms with van der Waals surface area (Å²) in [4.78, 5) is 16.7. The highest BCUT2D eigenvalue weighted by Gasteiger charge is 2.10. The molecule has 0 saturated carbocycles. The minimum Gasteiger partial charge on any atom is -0.308 e. The van der Waals surface area contributed by atoms with Gasteiger partial charge in [0.15, 0.2) is 5.13 Å². The van der Waals surface area contributed by atoms with Crippen molar-refractivity contribution in [1.82, 2.24) is 4.98 Å². The maximum atomic E-state index is 12.2. The maximum Gasteiger partial charge on any atom is 0.325 e. The van der Waals surface area contributed by atoms with Gasteiger partial charge in [-0.25, -0.2) is 9.78 Å². The minimum atomic E-state index is -0.287. The molecule has 0 bridgehead atoms. The number of aryl methyl sites for hydroxylation is 4. The van der Waals surface area contributed by atoms with Crippen molar-refractivity contribution in [3.63, 3.8) is 0 Å². The molecule has 1 heterocycles. The van der Waals surface area contributed by atoms with Gasteiger partial charge in [0.1, 0.15) is 0 Å². The Kier molecular flexibility index (Phi) is 4.86. The predicted molar refractivity (Wildman–Crippen MR) is 106 cm³/mol. The molecule has 2 aromatic carbocycles. The Morgan fingerprint density at radius 1 is 0.920 bits per heavy atom. The lowest BCUT2D eigenvalue weighted by molar-refractivity contribution is 0.262. The van der Waals surface area contributed by atoms with Crippen molar-refractivity contribution in [2.75, 3.05) is 10.6 Å². The number of anilines is 2. The molecule has 0 saturated heterocycles. The van der Waals surface area contributed by atoms with Gasteiger partial charge in [-0.15, -0.1) is 11.3 Å². The highest BCUT2D eigenvalue weighted by molar-refractivity contribution is 7.14. The third kappa shape index (κ3) is 4.06. The monoisotopic (exact) mass is 351 g/mol. The molecule has 2 amide bonds. The molecule has 1 aromatic heterocycles. The average molecular weight is 351 g/mol. The first-order valence-electron chi connectivity index (χ1n) is 8.11. The van der Waals surface area contributed by atoms with Crippen LogP contribution in [0.4, 0.5) is 15.6 Å². The smallest absolute Gasteiger partial charge is 0.308 e. The first kappa shape index (κ1) is 17.2. The molecule has 0 aliphatic rings. The average Bonchev–Trinajstić information content (AvgIpc) is 3.01. The molecule has 3 aromatic rings. The molecule has 0 radical (unpaired) electrons. The molecule has 0 atom stereocenters. The molecule has 0 fully saturated rings. The van der Waals surface area contributed by atoms with E-state index < -0.39 is 0 Å². The van der Waals surface area contributed by atoms with Crippen molar-refractivity contribution >= 4 is 28.2 Å². The van der Waals surface area contributed by atoms with Crippen LogP contribution >= 0.6 is 11.3 Å². The van der Waals surface area contributed by atoms with Crippen LogP contribution in [0.2, 0.25) is 0 Å². The zero-order valence-electron chi connectivity index (χ0n) is 14.8. The molecule has 0 unspecified atom stereocenters. The molecule has 4 nitrogen and oxygen atoms in total.